The number of hydrogen-bond acceptors (Lipinski definition) is 3. The Bertz CT molecular complexity index is 459. The topological polar surface area (TPSA) is 53.6 Å². The molecule has 4 heteroatoms. The molecule has 0 bridgehead atoms. The van der Waals surface area contributed by atoms with Crippen molar-refractivity contribution in [2.24, 2.45) is 0 Å². The average molecular weight is 216 g/mol. The third-order valence-electron chi connectivity index (χ3n) is 2.77. The van der Waals surface area contributed by atoms with Gasteiger partial charge in [0, 0.05) is 18.0 Å². The van der Waals surface area contributed by atoms with Crippen LogP contribution in [-0.2, 0) is 5.54 Å². The summed E-state index contributed by atoms with van der Waals surface area (Å²) in [5.41, 5.74) is 1.89. The van der Waals surface area contributed by atoms with Gasteiger partial charge < -0.3 is 10.3 Å². The van der Waals surface area contributed by atoms with Gasteiger partial charge in [0.25, 0.3) is 0 Å². The molecule has 0 aromatic carbocycles. The van der Waals surface area contributed by atoms with E-state index in [0.717, 1.165) is 17.1 Å². The third-order valence-corrected chi connectivity index (χ3v) is 2.77. The van der Waals surface area contributed by atoms with Crippen LogP contribution in [0.1, 0.15) is 19.7 Å². The molecule has 2 heterocycles. The Morgan fingerprint density at radius 2 is 2.12 bits per heavy atom. The Kier molecular flexibility index (Phi) is 2.75. The number of nitrogens with zero attached hydrogens (tertiary/aromatic N) is 2. The SMILES string of the molecule is CNC(C)(C)c1ncc(-c2cccnc2)[nH]1. The molecule has 0 saturated carbocycles. The third kappa shape index (κ3) is 1.97. The molecule has 0 unspecified atom stereocenters. The predicted octanol–water partition coefficient (Wildman–Crippen LogP) is 1.93. The van der Waals surface area contributed by atoms with E-state index >= 15 is 0 Å². The molecule has 0 aliphatic rings. The molecule has 4 nitrogen and oxygen atoms in total. The van der Waals surface area contributed by atoms with Gasteiger partial charge in [-0.25, -0.2) is 4.98 Å². The van der Waals surface area contributed by atoms with Gasteiger partial charge in [-0.15, -0.1) is 0 Å². The first-order chi connectivity index (χ1) is 7.63. The van der Waals surface area contributed by atoms with E-state index in [-0.39, 0.29) is 5.54 Å². The second kappa shape index (κ2) is 4.06. The minimum Gasteiger partial charge on any atom is -0.340 e. The van der Waals surface area contributed by atoms with Gasteiger partial charge >= 0.3 is 0 Å². The van der Waals surface area contributed by atoms with Gasteiger partial charge in [0.1, 0.15) is 5.82 Å². The lowest BCUT2D eigenvalue weighted by Gasteiger charge is -2.20. The lowest BCUT2D eigenvalue weighted by atomic mass is 10.1. The molecule has 16 heavy (non-hydrogen) atoms. The van der Waals surface area contributed by atoms with Crippen molar-refractivity contribution < 1.29 is 0 Å². The number of rotatable bonds is 3. The van der Waals surface area contributed by atoms with Crippen molar-refractivity contribution in [2.45, 2.75) is 19.4 Å². The van der Waals surface area contributed by atoms with Crippen LogP contribution in [0.25, 0.3) is 11.3 Å². The van der Waals surface area contributed by atoms with Crippen molar-refractivity contribution in [3.8, 4) is 11.3 Å². The summed E-state index contributed by atoms with van der Waals surface area (Å²) in [7, 11) is 1.92. The Morgan fingerprint density at radius 1 is 1.31 bits per heavy atom. The molecular formula is C12H16N4. The van der Waals surface area contributed by atoms with E-state index in [9.17, 15) is 0 Å². The predicted molar refractivity (Wildman–Crippen MR) is 63.9 cm³/mol. The van der Waals surface area contributed by atoms with Crippen molar-refractivity contribution in [1.29, 1.82) is 0 Å². The van der Waals surface area contributed by atoms with Crippen LogP contribution in [-0.4, -0.2) is 22.0 Å². The standard InChI is InChI=1S/C12H16N4/c1-12(2,13-3)11-15-8-10(16-11)9-5-4-6-14-7-9/h4-8,13H,1-3H3,(H,15,16). The lowest BCUT2D eigenvalue weighted by Crippen LogP contribution is -2.34. The van der Waals surface area contributed by atoms with Crippen LogP contribution < -0.4 is 5.32 Å². The van der Waals surface area contributed by atoms with E-state index in [1.165, 1.54) is 0 Å². The van der Waals surface area contributed by atoms with Crippen molar-refractivity contribution in [1.82, 2.24) is 20.3 Å². The lowest BCUT2D eigenvalue weighted by molar-refractivity contribution is 0.421. The molecule has 0 fully saturated rings. The van der Waals surface area contributed by atoms with Crippen molar-refractivity contribution in [3.05, 3.63) is 36.5 Å². The highest BCUT2D eigenvalue weighted by Crippen LogP contribution is 2.20. The molecule has 0 atom stereocenters. The number of hydrogen-bond donors (Lipinski definition) is 2. The average Bonchev–Trinajstić information content (AvgIpc) is 2.80. The second-order valence-electron chi connectivity index (χ2n) is 4.26. The van der Waals surface area contributed by atoms with Crippen LogP contribution in [0.3, 0.4) is 0 Å². The number of imidazole rings is 1. The quantitative estimate of drug-likeness (QED) is 0.824. The minimum absolute atomic E-state index is 0.152. The fourth-order valence-electron chi connectivity index (χ4n) is 1.43. The highest BCUT2D eigenvalue weighted by molar-refractivity contribution is 5.56. The van der Waals surface area contributed by atoms with Gasteiger partial charge in [-0.3, -0.25) is 4.98 Å². The van der Waals surface area contributed by atoms with Gasteiger partial charge in [0.15, 0.2) is 0 Å². The zero-order valence-corrected chi connectivity index (χ0v) is 9.78. The van der Waals surface area contributed by atoms with Gasteiger partial charge in [-0.05, 0) is 33.0 Å². The number of nitrogens with one attached hydrogen (secondary N) is 2. The number of aromatic amines is 1. The van der Waals surface area contributed by atoms with Crippen LogP contribution in [0.5, 0.6) is 0 Å². The summed E-state index contributed by atoms with van der Waals surface area (Å²) < 4.78 is 0. The molecule has 0 amide bonds. The molecule has 84 valence electrons. The first-order valence-electron chi connectivity index (χ1n) is 5.28. The monoisotopic (exact) mass is 216 g/mol. The van der Waals surface area contributed by atoms with Crippen LogP contribution in [0.15, 0.2) is 30.7 Å². The molecule has 2 aromatic heterocycles. The molecule has 2 N–H and O–H groups in total. The molecule has 0 radical (unpaired) electrons. The normalized spacial score (nSPS) is 11.7. The fraction of sp³-hybridized carbons (Fsp3) is 0.333. The number of pyridine rings is 1. The molecule has 2 rings (SSSR count). The maximum Gasteiger partial charge on any atom is 0.126 e. The summed E-state index contributed by atoms with van der Waals surface area (Å²) in [6.07, 6.45) is 5.42. The van der Waals surface area contributed by atoms with E-state index in [2.05, 4.69) is 34.1 Å². The Balaban J connectivity index is 2.34. The summed E-state index contributed by atoms with van der Waals surface area (Å²) in [6, 6.07) is 3.93. The van der Waals surface area contributed by atoms with Gasteiger partial charge in [0.05, 0.1) is 17.4 Å². The zero-order chi connectivity index (χ0) is 11.6. The van der Waals surface area contributed by atoms with Crippen LogP contribution in [0.4, 0.5) is 0 Å². The van der Waals surface area contributed by atoms with E-state index < -0.39 is 0 Å². The Morgan fingerprint density at radius 3 is 2.75 bits per heavy atom. The molecule has 2 aromatic rings. The van der Waals surface area contributed by atoms with Crippen LogP contribution >= 0.6 is 0 Å². The summed E-state index contributed by atoms with van der Waals surface area (Å²) in [5, 5.41) is 3.21. The van der Waals surface area contributed by atoms with Crippen molar-refractivity contribution >= 4 is 0 Å². The Labute approximate surface area is 95.1 Å². The summed E-state index contributed by atoms with van der Waals surface area (Å²) in [4.78, 5) is 11.8. The first kappa shape index (κ1) is 10.8. The highest BCUT2D eigenvalue weighted by Gasteiger charge is 2.21. The second-order valence-corrected chi connectivity index (χ2v) is 4.26. The summed E-state index contributed by atoms with van der Waals surface area (Å²) in [6.45, 7) is 4.16. The highest BCUT2D eigenvalue weighted by atomic mass is 15.0. The van der Waals surface area contributed by atoms with E-state index in [1.54, 1.807) is 6.20 Å². The molecule has 0 saturated heterocycles. The largest absolute Gasteiger partial charge is 0.340 e. The van der Waals surface area contributed by atoms with Crippen LogP contribution in [0, 0.1) is 0 Å². The molecular weight excluding hydrogens is 200 g/mol. The van der Waals surface area contributed by atoms with Crippen molar-refractivity contribution in [2.75, 3.05) is 7.05 Å². The Hall–Kier alpha value is -1.68. The van der Waals surface area contributed by atoms with Crippen molar-refractivity contribution in [3.63, 3.8) is 0 Å². The zero-order valence-electron chi connectivity index (χ0n) is 9.78. The summed E-state index contributed by atoms with van der Waals surface area (Å²) in [5.74, 6) is 0.925. The van der Waals surface area contributed by atoms with Gasteiger partial charge in [-0.1, -0.05) is 0 Å². The van der Waals surface area contributed by atoms with E-state index in [1.807, 2.05) is 31.6 Å². The smallest absolute Gasteiger partial charge is 0.126 e. The molecule has 0 aliphatic carbocycles. The van der Waals surface area contributed by atoms with Crippen LogP contribution in [0.2, 0.25) is 0 Å². The maximum atomic E-state index is 4.39. The summed E-state index contributed by atoms with van der Waals surface area (Å²) >= 11 is 0. The number of aromatic nitrogens is 3. The first-order valence-corrected chi connectivity index (χ1v) is 5.28. The molecule has 0 spiro atoms. The number of H-pyrrole nitrogens is 1. The molecule has 0 aliphatic heterocycles. The van der Waals surface area contributed by atoms with Gasteiger partial charge in [-0.2, -0.15) is 0 Å². The van der Waals surface area contributed by atoms with E-state index in [4.69, 9.17) is 0 Å². The van der Waals surface area contributed by atoms with E-state index in [0.29, 0.717) is 0 Å². The minimum atomic E-state index is -0.152. The maximum absolute atomic E-state index is 4.39. The van der Waals surface area contributed by atoms with Gasteiger partial charge in [0.2, 0.25) is 0 Å². The fourth-order valence-corrected chi connectivity index (χ4v) is 1.43.